The Labute approximate surface area is 150 Å². The molecule has 0 radical (unpaired) electrons. The van der Waals surface area contributed by atoms with Gasteiger partial charge in [-0.05, 0) is 36.4 Å². The average molecular weight is 376 g/mol. The van der Waals surface area contributed by atoms with Gasteiger partial charge in [0.05, 0.1) is 17.2 Å². The molecule has 0 spiro atoms. The molecule has 26 heavy (non-hydrogen) atoms. The van der Waals surface area contributed by atoms with E-state index in [0.29, 0.717) is 36.0 Å². The molecular weight excluding hydrogens is 360 g/mol. The summed E-state index contributed by atoms with van der Waals surface area (Å²) >= 11 is 0. The first-order valence-corrected chi connectivity index (χ1v) is 9.42. The molecule has 0 unspecified atom stereocenters. The summed E-state index contributed by atoms with van der Waals surface area (Å²) in [5.41, 5.74) is 1.02. The highest BCUT2D eigenvalue weighted by atomic mass is 32.2. The van der Waals surface area contributed by atoms with Crippen LogP contribution in [0.4, 0.5) is 11.4 Å². The topological polar surface area (TPSA) is 94.2 Å². The highest BCUT2D eigenvalue weighted by Crippen LogP contribution is 2.34. The molecule has 0 aliphatic carbocycles. The summed E-state index contributed by atoms with van der Waals surface area (Å²) in [4.78, 5) is 13.5. The Hall–Kier alpha value is -2.78. The molecule has 4 rings (SSSR count). The van der Waals surface area contributed by atoms with Crippen LogP contribution in [-0.2, 0) is 19.6 Å². The van der Waals surface area contributed by atoms with Crippen LogP contribution >= 0.6 is 0 Å². The smallest absolute Gasteiger partial charge is 0.261 e. The van der Waals surface area contributed by atoms with E-state index in [2.05, 4.69) is 4.72 Å². The first-order valence-electron chi connectivity index (χ1n) is 7.94. The molecule has 0 saturated carbocycles. The number of rotatable bonds is 4. The molecule has 2 aliphatic rings. The van der Waals surface area contributed by atoms with Crippen LogP contribution in [0.5, 0.6) is 11.5 Å². The summed E-state index contributed by atoms with van der Waals surface area (Å²) in [6, 6.07) is 11.0. The lowest BCUT2D eigenvalue weighted by atomic mass is 10.2. The molecule has 9 heteroatoms. The maximum Gasteiger partial charge on any atom is 0.261 e. The number of morpholine rings is 1. The van der Waals surface area contributed by atoms with Crippen molar-refractivity contribution >= 4 is 27.3 Å². The van der Waals surface area contributed by atoms with Crippen LogP contribution in [0.1, 0.15) is 0 Å². The number of anilines is 2. The SMILES string of the molecule is O=C1COCCN1c1ccc(S(=O)(=O)Nc2ccc3c(c2)OCO3)cc1. The summed E-state index contributed by atoms with van der Waals surface area (Å²) in [6.45, 7) is 1.05. The Bertz CT molecular complexity index is 942. The normalized spacial score (nSPS) is 16.6. The van der Waals surface area contributed by atoms with Gasteiger partial charge >= 0.3 is 0 Å². The van der Waals surface area contributed by atoms with Crippen LogP contribution < -0.4 is 19.1 Å². The number of carbonyl (C=O) groups excluding carboxylic acids is 1. The standard InChI is InChI=1S/C17H16N2O6S/c20-17-10-23-8-7-19(17)13-2-4-14(5-3-13)26(21,22)18-12-1-6-15-16(9-12)25-11-24-15/h1-6,9,18H,7-8,10-11H2. The fraction of sp³-hybridized carbons (Fsp3) is 0.235. The number of ether oxygens (including phenoxy) is 3. The van der Waals surface area contributed by atoms with Gasteiger partial charge in [-0.1, -0.05) is 0 Å². The molecule has 1 fully saturated rings. The number of nitrogens with one attached hydrogen (secondary N) is 1. The molecule has 0 atom stereocenters. The fourth-order valence-electron chi connectivity index (χ4n) is 2.77. The Morgan fingerprint density at radius 2 is 1.77 bits per heavy atom. The van der Waals surface area contributed by atoms with Gasteiger partial charge in [0, 0.05) is 18.3 Å². The third-order valence-electron chi connectivity index (χ3n) is 4.07. The molecule has 2 aromatic carbocycles. The second-order valence-corrected chi connectivity index (χ2v) is 7.45. The van der Waals surface area contributed by atoms with E-state index in [4.69, 9.17) is 14.2 Å². The molecule has 0 bridgehead atoms. The van der Waals surface area contributed by atoms with Gasteiger partial charge in [-0.25, -0.2) is 8.42 Å². The zero-order chi connectivity index (χ0) is 18.1. The van der Waals surface area contributed by atoms with Gasteiger partial charge in [0.25, 0.3) is 15.9 Å². The number of benzene rings is 2. The maximum absolute atomic E-state index is 12.6. The number of sulfonamides is 1. The summed E-state index contributed by atoms with van der Waals surface area (Å²) < 4.78 is 43.2. The number of carbonyl (C=O) groups is 1. The number of fused-ring (bicyclic) bond motifs is 1. The van der Waals surface area contributed by atoms with Gasteiger partial charge in [-0.3, -0.25) is 9.52 Å². The van der Waals surface area contributed by atoms with Crippen molar-refractivity contribution in [2.45, 2.75) is 4.90 Å². The Kier molecular flexibility index (Phi) is 4.17. The third kappa shape index (κ3) is 3.18. The van der Waals surface area contributed by atoms with E-state index in [-0.39, 0.29) is 24.2 Å². The van der Waals surface area contributed by atoms with Crippen molar-refractivity contribution < 1.29 is 27.4 Å². The van der Waals surface area contributed by atoms with E-state index >= 15 is 0 Å². The number of nitrogens with zero attached hydrogens (tertiary/aromatic N) is 1. The zero-order valence-corrected chi connectivity index (χ0v) is 14.5. The minimum atomic E-state index is -3.77. The summed E-state index contributed by atoms with van der Waals surface area (Å²) in [5, 5.41) is 0. The molecule has 136 valence electrons. The molecule has 1 amide bonds. The van der Waals surface area contributed by atoms with Crippen molar-refractivity contribution in [3.05, 3.63) is 42.5 Å². The highest BCUT2D eigenvalue weighted by molar-refractivity contribution is 7.92. The third-order valence-corrected chi connectivity index (χ3v) is 5.47. The van der Waals surface area contributed by atoms with Crippen molar-refractivity contribution in [2.75, 3.05) is 36.2 Å². The monoisotopic (exact) mass is 376 g/mol. The lowest BCUT2D eigenvalue weighted by Crippen LogP contribution is -2.41. The van der Waals surface area contributed by atoms with Crippen LogP contribution in [0.15, 0.2) is 47.4 Å². The molecular formula is C17H16N2O6S. The quantitative estimate of drug-likeness (QED) is 0.871. The lowest BCUT2D eigenvalue weighted by Gasteiger charge is -2.26. The van der Waals surface area contributed by atoms with Crippen LogP contribution in [0.2, 0.25) is 0 Å². The molecule has 2 heterocycles. The minimum Gasteiger partial charge on any atom is -0.454 e. The number of hydrogen-bond acceptors (Lipinski definition) is 6. The largest absolute Gasteiger partial charge is 0.454 e. The van der Waals surface area contributed by atoms with Gasteiger partial charge in [-0.15, -0.1) is 0 Å². The first-order chi connectivity index (χ1) is 12.5. The lowest BCUT2D eigenvalue weighted by molar-refractivity contribution is -0.125. The maximum atomic E-state index is 12.6. The summed E-state index contributed by atoms with van der Waals surface area (Å²) in [7, 11) is -3.77. The Morgan fingerprint density at radius 1 is 1.00 bits per heavy atom. The molecule has 8 nitrogen and oxygen atoms in total. The second kappa shape index (κ2) is 6.50. The average Bonchev–Trinajstić information content (AvgIpc) is 3.10. The van der Waals surface area contributed by atoms with Gasteiger partial charge in [-0.2, -0.15) is 0 Å². The zero-order valence-electron chi connectivity index (χ0n) is 13.7. The first kappa shape index (κ1) is 16.7. The van der Waals surface area contributed by atoms with Gasteiger partial charge in [0.15, 0.2) is 11.5 Å². The van der Waals surface area contributed by atoms with Crippen molar-refractivity contribution in [3.63, 3.8) is 0 Å². The molecule has 2 aromatic rings. The fourth-order valence-corrected chi connectivity index (χ4v) is 3.82. The van der Waals surface area contributed by atoms with Crippen LogP contribution in [0.25, 0.3) is 0 Å². The summed E-state index contributed by atoms with van der Waals surface area (Å²) in [5.74, 6) is 0.921. The van der Waals surface area contributed by atoms with Gasteiger partial charge < -0.3 is 19.1 Å². The minimum absolute atomic E-state index is 0.0335. The highest BCUT2D eigenvalue weighted by Gasteiger charge is 2.22. The van der Waals surface area contributed by atoms with Crippen LogP contribution in [0.3, 0.4) is 0 Å². The van der Waals surface area contributed by atoms with Crippen LogP contribution in [0, 0.1) is 0 Å². The van der Waals surface area contributed by atoms with Crippen molar-refractivity contribution in [1.82, 2.24) is 0 Å². The summed E-state index contributed by atoms with van der Waals surface area (Å²) in [6.07, 6.45) is 0. The van der Waals surface area contributed by atoms with E-state index in [1.54, 1.807) is 35.2 Å². The van der Waals surface area contributed by atoms with E-state index in [9.17, 15) is 13.2 Å². The number of hydrogen-bond donors (Lipinski definition) is 1. The second-order valence-electron chi connectivity index (χ2n) is 5.77. The van der Waals surface area contributed by atoms with Gasteiger partial charge in [0.1, 0.15) is 6.61 Å². The van der Waals surface area contributed by atoms with Gasteiger partial charge in [0.2, 0.25) is 6.79 Å². The predicted octanol–water partition coefficient (Wildman–Crippen LogP) is 1.58. The molecule has 0 aromatic heterocycles. The predicted molar refractivity (Wildman–Crippen MR) is 93.0 cm³/mol. The van der Waals surface area contributed by atoms with E-state index < -0.39 is 10.0 Å². The van der Waals surface area contributed by atoms with E-state index in [1.165, 1.54) is 12.1 Å². The van der Waals surface area contributed by atoms with Crippen molar-refractivity contribution in [2.24, 2.45) is 0 Å². The molecule has 1 N–H and O–H groups in total. The van der Waals surface area contributed by atoms with Crippen LogP contribution in [-0.4, -0.2) is 40.9 Å². The molecule has 1 saturated heterocycles. The van der Waals surface area contributed by atoms with E-state index in [0.717, 1.165) is 0 Å². The molecule has 2 aliphatic heterocycles. The van der Waals surface area contributed by atoms with Crippen molar-refractivity contribution in [1.29, 1.82) is 0 Å². The Morgan fingerprint density at radius 3 is 2.54 bits per heavy atom. The number of amides is 1. The van der Waals surface area contributed by atoms with Crippen molar-refractivity contribution in [3.8, 4) is 11.5 Å². The van der Waals surface area contributed by atoms with E-state index in [1.807, 2.05) is 0 Å². The Balaban J connectivity index is 1.53.